The zero-order valence-corrected chi connectivity index (χ0v) is 9.97. The summed E-state index contributed by atoms with van der Waals surface area (Å²) in [4.78, 5) is 10.7. The maximum absolute atomic E-state index is 10.7. The summed E-state index contributed by atoms with van der Waals surface area (Å²) in [5.41, 5.74) is 2.89. The van der Waals surface area contributed by atoms with Gasteiger partial charge in [-0.3, -0.25) is 4.79 Å². The van der Waals surface area contributed by atoms with Crippen LogP contribution >= 0.6 is 0 Å². The van der Waals surface area contributed by atoms with Crippen molar-refractivity contribution in [2.24, 2.45) is 7.05 Å². The monoisotopic (exact) mass is 215 g/mol. The van der Waals surface area contributed by atoms with Crippen molar-refractivity contribution in [3.63, 3.8) is 0 Å². The third kappa shape index (κ3) is 2.40. The van der Waals surface area contributed by atoms with Crippen molar-refractivity contribution in [2.75, 3.05) is 0 Å². The van der Waals surface area contributed by atoms with Crippen LogP contribution < -0.4 is 0 Å². The number of benzene rings is 1. The number of nitrogens with zero attached hydrogens (tertiary/aromatic N) is 1. The Hall–Kier alpha value is -1.83. The van der Waals surface area contributed by atoms with E-state index in [9.17, 15) is 4.79 Å². The largest absolute Gasteiger partial charge is 0.341 e. The van der Waals surface area contributed by atoms with Crippen LogP contribution in [0.3, 0.4) is 0 Å². The quantitative estimate of drug-likeness (QED) is 0.702. The van der Waals surface area contributed by atoms with E-state index in [1.165, 1.54) is 0 Å². The molecular weight excluding hydrogens is 198 g/mol. The van der Waals surface area contributed by atoms with E-state index in [0.717, 1.165) is 17.5 Å². The molecule has 0 unspecified atom stereocenters. The molecule has 0 spiro atoms. The van der Waals surface area contributed by atoms with Gasteiger partial charge in [-0.25, -0.2) is 0 Å². The van der Waals surface area contributed by atoms with E-state index < -0.39 is 0 Å². The highest BCUT2D eigenvalue weighted by atomic mass is 16.1. The molecule has 2 aromatic rings. The van der Waals surface area contributed by atoms with Crippen molar-refractivity contribution in [1.29, 1.82) is 0 Å². The number of aromatic nitrogens is 1. The molecule has 1 aromatic carbocycles. The van der Waals surface area contributed by atoms with Crippen LogP contribution in [0.25, 0.3) is 11.3 Å². The summed E-state index contributed by atoms with van der Waals surface area (Å²) >= 11 is 0. The first kappa shape index (κ1) is 12.2. The predicted molar refractivity (Wildman–Crippen MR) is 67.6 cm³/mol. The lowest BCUT2D eigenvalue weighted by molar-refractivity contribution is 0.111. The summed E-state index contributed by atoms with van der Waals surface area (Å²) in [6, 6.07) is 13.8. The molecule has 2 rings (SSSR count). The third-order valence-corrected chi connectivity index (χ3v) is 2.35. The van der Waals surface area contributed by atoms with E-state index in [2.05, 4.69) is 0 Å². The van der Waals surface area contributed by atoms with Gasteiger partial charge in [-0.2, -0.15) is 0 Å². The van der Waals surface area contributed by atoms with Crippen LogP contribution in [0.4, 0.5) is 0 Å². The Morgan fingerprint density at radius 3 is 2.12 bits per heavy atom. The van der Waals surface area contributed by atoms with E-state index in [1.54, 1.807) is 0 Å². The van der Waals surface area contributed by atoms with Crippen molar-refractivity contribution in [3.05, 3.63) is 48.2 Å². The molecule has 0 aliphatic rings. The maximum Gasteiger partial charge on any atom is 0.166 e. The first-order valence-electron chi connectivity index (χ1n) is 5.49. The van der Waals surface area contributed by atoms with E-state index in [4.69, 9.17) is 0 Å². The molecule has 2 heteroatoms. The Morgan fingerprint density at radius 2 is 1.62 bits per heavy atom. The predicted octanol–water partition coefficient (Wildman–Crippen LogP) is 3.53. The molecule has 0 aliphatic heterocycles. The molecular formula is C14H17NO. The minimum atomic E-state index is 0.698. The third-order valence-electron chi connectivity index (χ3n) is 2.35. The number of carbonyl (C=O) groups excluding carboxylic acids is 1. The summed E-state index contributed by atoms with van der Waals surface area (Å²) in [5.74, 6) is 0. The van der Waals surface area contributed by atoms with Gasteiger partial charge in [-0.15, -0.1) is 0 Å². The van der Waals surface area contributed by atoms with Gasteiger partial charge in [0.15, 0.2) is 6.29 Å². The van der Waals surface area contributed by atoms with Gasteiger partial charge in [0.25, 0.3) is 0 Å². The minimum Gasteiger partial charge on any atom is -0.341 e. The van der Waals surface area contributed by atoms with Crippen molar-refractivity contribution in [1.82, 2.24) is 4.57 Å². The summed E-state index contributed by atoms with van der Waals surface area (Å²) in [5, 5.41) is 0. The molecule has 1 aromatic heterocycles. The van der Waals surface area contributed by atoms with E-state index in [1.807, 2.05) is 67.9 Å². The van der Waals surface area contributed by atoms with Gasteiger partial charge >= 0.3 is 0 Å². The topological polar surface area (TPSA) is 22.0 Å². The Morgan fingerprint density at radius 1 is 1.00 bits per heavy atom. The average molecular weight is 215 g/mol. The molecule has 0 saturated heterocycles. The zero-order valence-electron chi connectivity index (χ0n) is 9.97. The van der Waals surface area contributed by atoms with E-state index in [-0.39, 0.29) is 0 Å². The van der Waals surface area contributed by atoms with Gasteiger partial charge in [-0.05, 0) is 17.7 Å². The summed E-state index contributed by atoms with van der Waals surface area (Å²) in [6.45, 7) is 4.00. The second-order valence-electron chi connectivity index (χ2n) is 3.19. The molecule has 0 saturated carbocycles. The number of aldehydes is 1. The zero-order chi connectivity index (χ0) is 12.0. The fourth-order valence-corrected chi connectivity index (χ4v) is 1.54. The van der Waals surface area contributed by atoms with Gasteiger partial charge in [0, 0.05) is 12.7 Å². The minimum absolute atomic E-state index is 0.698. The molecule has 1 heterocycles. The SMILES string of the molecule is CC.Cn1c(C=O)ccc1-c1ccccc1. The van der Waals surface area contributed by atoms with Crippen molar-refractivity contribution in [3.8, 4) is 11.3 Å². The highest BCUT2D eigenvalue weighted by Crippen LogP contribution is 2.20. The van der Waals surface area contributed by atoms with E-state index >= 15 is 0 Å². The van der Waals surface area contributed by atoms with Crippen LogP contribution in [0.1, 0.15) is 24.3 Å². The molecule has 0 atom stereocenters. The van der Waals surface area contributed by atoms with Crippen molar-refractivity contribution < 1.29 is 4.79 Å². The maximum atomic E-state index is 10.7. The summed E-state index contributed by atoms with van der Waals surface area (Å²) < 4.78 is 1.89. The molecule has 0 fully saturated rings. The summed E-state index contributed by atoms with van der Waals surface area (Å²) in [7, 11) is 1.89. The molecule has 0 N–H and O–H groups in total. The molecule has 0 aliphatic carbocycles. The fourth-order valence-electron chi connectivity index (χ4n) is 1.54. The molecule has 0 radical (unpaired) electrons. The Bertz CT molecular complexity index is 443. The van der Waals surface area contributed by atoms with Gasteiger partial charge in [-0.1, -0.05) is 44.2 Å². The van der Waals surface area contributed by atoms with Crippen LogP contribution in [-0.4, -0.2) is 10.9 Å². The molecule has 0 bridgehead atoms. The first-order valence-corrected chi connectivity index (χ1v) is 5.49. The Kier molecular flexibility index (Phi) is 4.52. The van der Waals surface area contributed by atoms with Crippen LogP contribution in [0.5, 0.6) is 0 Å². The number of hydrogen-bond acceptors (Lipinski definition) is 1. The fraction of sp³-hybridized carbons (Fsp3) is 0.214. The second kappa shape index (κ2) is 5.91. The summed E-state index contributed by atoms with van der Waals surface area (Å²) in [6.07, 6.45) is 0.867. The normalized spacial score (nSPS) is 9.19. The van der Waals surface area contributed by atoms with Crippen LogP contribution in [0, 0.1) is 0 Å². The van der Waals surface area contributed by atoms with Gasteiger partial charge in [0.2, 0.25) is 0 Å². The van der Waals surface area contributed by atoms with Crippen LogP contribution in [0.2, 0.25) is 0 Å². The lowest BCUT2D eigenvalue weighted by Gasteiger charge is -2.03. The Balaban J connectivity index is 0.000000606. The van der Waals surface area contributed by atoms with Crippen molar-refractivity contribution in [2.45, 2.75) is 13.8 Å². The van der Waals surface area contributed by atoms with Crippen molar-refractivity contribution >= 4 is 6.29 Å². The standard InChI is InChI=1S/C12H11NO.C2H6/c1-13-11(9-14)7-8-12(13)10-5-3-2-4-6-10;1-2/h2-9H,1H3;1-2H3. The number of carbonyl (C=O) groups is 1. The molecule has 2 nitrogen and oxygen atoms in total. The molecule has 0 amide bonds. The smallest absolute Gasteiger partial charge is 0.166 e. The molecule has 84 valence electrons. The highest BCUT2D eigenvalue weighted by molar-refractivity contribution is 5.76. The first-order chi connectivity index (χ1) is 7.83. The highest BCUT2D eigenvalue weighted by Gasteiger charge is 2.04. The second-order valence-corrected chi connectivity index (χ2v) is 3.19. The van der Waals surface area contributed by atoms with Crippen LogP contribution in [0.15, 0.2) is 42.5 Å². The van der Waals surface area contributed by atoms with Gasteiger partial charge in [0.1, 0.15) is 0 Å². The lowest BCUT2D eigenvalue weighted by Crippen LogP contribution is -1.96. The van der Waals surface area contributed by atoms with E-state index in [0.29, 0.717) is 5.69 Å². The van der Waals surface area contributed by atoms with Gasteiger partial charge in [0.05, 0.1) is 5.69 Å². The number of rotatable bonds is 2. The molecule has 16 heavy (non-hydrogen) atoms. The van der Waals surface area contributed by atoms with Crippen LogP contribution in [-0.2, 0) is 7.05 Å². The lowest BCUT2D eigenvalue weighted by atomic mass is 10.2. The van der Waals surface area contributed by atoms with Gasteiger partial charge < -0.3 is 4.57 Å². The average Bonchev–Trinajstić information content (AvgIpc) is 2.74. The number of hydrogen-bond donors (Lipinski definition) is 0. The Labute approximate surface area is 96.5 Å².